The van der Waals surface area contributed by atoms with Crippen LogP contribution in [0.4, 0.5) is 8.78 Å². The molecule has 146 valence electrons. The van der Waals surface area contributed by atoms with Crippen molar-refractivity contribution >= 4 is 0 Å². The summed E-state index contributed by atoms with van der Waals surface area (Å²) in [6.07, 6.45) is 0.681. The van der Waals surface area contributed by atoms with Crippen LogP contribution in [0.2, 0.25) is 0 Å². The third-order valence-electron chi connectivity index (χ3n) is 5.32. The lowest BCUT2D eigenvalue weighted by Crippen LogP contribution is -2.27. The summed E-state index contributed by atoms with van der Waals surface area (Å²) in [5.41, 5.74) is 5.20. The first kappa shape index (κ1) is 19.8. The average Bonchev–Trinajstić information content (AvgIpc) is 2.99. The van der Waals surface area contributed by atoms with Gasteiger partial charge >= 0.3 is 0 Å². The van der Waals surface area contributed by atoms with Gasteiger partial charge < -0.3 is 9.84 Å². The van der Waals surface area contributed by atoms with Crippen molar-refractivity contribution in [3.63, 3.8) is 0 Å². The second kappa shape index (κ2) is 8.36. The summed E-state index contributed by atoms with van der Waals surface area (Å²) in [6.45, 7) is 5.51. The summed E-state index contributed by atoms with van der Waals surface area (Å²) in [5.74, 6) is -1.72. The lowest BCUT2D eigenvalue weighted by atomic mass is 9.93. The smallest absolute Gasteiger partial charge is 0.261 e. The Balaban J connectivity index is 1.64. The van der Waals surface area contributed by atoms with E-state index in [9.17, 15) is 13.9 Å². The first-order chi connectivity index (χ1) is 12.9. The second-order valence-electron chi connectivity index (χ2n) is 7.26. The summed E-state index contributed by atoms with van der Waals surface area (Å²) in [6, 6.07) is 11.9. The van der Waals surface area contributed by atoms with Gasteiger partial charge in [0.25, 0.3) is 5.92 Å². The molecule has 5 heteroatoms. The van der Waals surface area contributed by atoms with E-state index in [1.165, 1.54) is 0 Å². The Morgan fingerprint density at radius 3 is 2.44 bits per heavy atom. The van der Waals surface area contributed by atoms with Gasteiger partial charge in [-0.3, -0.25) is 4.90 Å². The van der Waals surface area contributed by atoms with Crippen molar-refractivity contribution in [3.8, 4) is 16.9 Å². The van der Waals surface area contributed by atoms with Crippen LogP contribution < -0.4 is 4.74 Å². The molecule has 3 rings (SSSR count). The van der Waals surface area contributed by atoms with E-state index in [0.717, 1.165) is 40.0 Å². The average molecular weight is 375 g/mol. The molecule has 2 aromatic rings. The standard InChI is InChI=1S/C22H27F2NO2/c1-16-18(14-26)6-3-7-19(16)20-8-4-9-21(17(20)2)27-13-5-11-25-12-10-22(23,24)15-25/h3-4,6-9,26H,5,10-15H2,1-2H3. The van der Waals surface area contributed by atoms with Crippen LogP contribution in [0.1, 0.15) is 29.5 Å². The Morgan fingerprint density at radius 1 is 1.07 bits per heavy atom. The SMILES string of the molecule is Cc1c(CO)cccc1-c1cccc(OCCCN2CCC(F)(F)C2)c1C. The number of alkyl halides is 2. The van der Waals surface area contributed by atoms with Crippen molar-refractivity contribution in [2.75, 3.05) is 26.2 Å². The van der Waals surface area contributed by atoms with Gasteiger partial charge in [0.2, 0.25) is 0 Å². The minimum atomic E-state index is -2.53. The molecule has 1 heterocycles. The minimum absolute atomic E-state index is 0.0183. The maximum Gasteiger partial charge on any atom is 0.261 e. The summed E-state index contributed by atoms with van der Waals surface area (Å²) in [7, 11) is 0. The molecule has 3 nitrogen and oxygen atoms in total. The van der Waals surface area contributed by atoms with E-state index in [4.69, 9.17) is 4.74 Å². The Labute approximate surface area is 159 Å². The number of hydrogen-bond acceptors (Lipinski definition) is 3. The molecule has 1 N–H and O–H groups in total. The van der Waals surface area contributed by atoms with Crippen LogP contribution >= 0.6 is 0 Å². The summed E-state index contributed by atoms with van der Waals surface area (Å²) < 4.78 is 32.4. The lowest BCUT2D eigenvalue weighted by molar-refractivity contribution is 0.0118. The fourth-order valence-corrected chi connectivity index (χ4v) is 3.68. The van der Waals surface area contributed by atoms with Crippen LogP contribution in [0.5, 0.6) is 5.75 Å². The van der Waals surface area contributed by atoms with Crippen LogP contribution in [-0.4, -0.2) is 42.2 Å². The highest BCUT2D eigenvalue weighted by atomic mass is 19.3. The van der Waals surface area contributed by atoms with Gasteiger partial charge in [-0.2, -0.15) is 0 Å². The van der Waals surface area contributed by atoms with Crippen molar-refractivity contribution in [1.82, 2.24) is 4.90 Å². The van der Waals surface area contributed by atoms with Gasteiger partial charge in [-0.15, -0.1) is 0 Å². The lowest BCUT2D eigenvalue weighted by Gasteiger charge is -2.17. The van der Waals surface area contributed by atoms with Gasteiger partial charge in [-0.25, -0.2) is 8.78 Å². The first-order valence-corrected chi connectivity index (χ1v) is 9.43. The normalized spacial score (nSPS) is 16.6. The molecule has 1 aliphatic rings. The van der Waals surface area contributed by atoms with Gasteiger partial charge in [-0.1, -0.05) is 30.3 Å². The molecule has 1 fully saturated rings. The molecular formula is C22H27F2NO2. The number of nitrogens with zero attached hydrogens (tertiary/aromatic N) is 1. The fourth-order valence-electron chi connectivity index (χ4n) is 3.68. The molecule has 1 saturated heterocycles. The first-order valence-electron chi connectivity index (χ1n) is 9.43. The highest BCUT2D eigenvalue weighted by molar-refractivity contribution is 5.73. The molecule has 0 aromatic heterocycles. The molecule has 0 aliphatic carbocycles. The van der Waals surface area contributed by atoms with E-state index in [2.05, 4.69) is 6.07 Å². The van der Waals surface area contributed by atoms with E-state index >= 15 is 0 Å². The third kappa shape index (κ3) is 4.66. The fraction of sp³-hybridized carbons (Fsp3) is 0.455. The second-order valence-corrected chi connectivity index (χ2v) is 7.26. The predicted octanol–water partition coefficient (Wildman–Crippen LogP) is 4.57. The summed E-state index contributed by atoms with van der Waals surface area (Å²) in [4.78, 5) is 1.80. The van der Waals surface area contributed by atoms with E-state index in [0.29, 0.717) is 19.7 Å². The zero-order valence-corrected chi connectivity index (χ0v) is 16.0. The highest BCUT2D eigenvalue weighted by Crippen LogP contribution is 2.33. The van der Waals surface area contributed by atoms with Gasteiger partial charge in [0.15, 0.2) is 0 Å². The van der Waals surface area contributed by atoms with Crippen molar-refractivity contribution in [1.29, 1.82) is 0 Å². The van der Waals surface area contributed by atoms with Crippen LogP contribution in [0.25, 0.3) is 11.1 Å². The van der Waals surface area contributed by atoms with Gasteiger partial charge in [0, 0.05) is 19.5 Å². The number of benzene rings is 2. The number of aliphatic hydroxyl groups is 1. The van der Waals surface area contributed by atoms with Crippen molar-refractivity contribution in [3.05, 3.63) is 53.1 Å². The monoisotopic (exact) mass is 375 g/mol. The van der Waals surface area contributed by atoms with E-state index in [1.54, 1.807) is 4.90 Å². The molecule has 27 heavy (non-hydrogen) atoms. The maximum atomic E-state index is 13.2. The molecule has 2 aromatic carbocycles. The van der Waals surface area contributed by atoms with E-state index < -0.39 is 5.92 Å². The van der Waals surface area contributed by atoms with Crippen molar-refractivity contribution < 1.29 is 18.6 Å². The predicted molar refractivity (Wildman–Crippen MR) is 103 cm³/mol. The molecular weight excluding hydrogens is 348 g/mol. The van der Waals surface area contributed by atoms with E-state index in [1.807, 2.05) is 44.2 Å². The third-order valence-corrected chi connectivity index (χ3v) is 5.32. The molecule has 0 spiro atoms. The number of hydrogen-bond donors (Lipinski definition) is 1. The Hall–Kier alpha value is -1.98. The van der Waals surface area contributed by atoms with Crippen LogP contribution in [0.3, 0.4) is 0 Å². The number of rotatable bonds is 7. The van der Waals surface area contributed by atoms with Crippen LogP contribution in [-0.2, 0) is 6.61 Å². The van der Waals surface area contributed by atoms with Crippen LogP contribution in [0, 0.1) is 13.8 Å². The van der Waals surface area contributed by atoms with Crippen molar-refractivity contribution in [2.24, 2.45) is 0 Å². The summed E-state index contributed by atoms with van der Waals surface area (Å²) >= 11 is 0. The number of ether oxygens (including phenoxy) is 1. The molecule has 1 aliphatic heterocycles. The van der Waals surface area contributed by atoms with Crippen molar-refractivity contribution in [2.45, 2.75) is 39.2 Å². The Morgan fingerprint density at radius 2 is 1.78 bits per heavy atom. The zero-order valence-electron chi connectivity index (χ0n) is 16.0. The zero-order chi connectivity index (χ0) is 19.4. The number of likely N-dealkylation sites (tertiary alicyclic amines) is 1. The molecule has 0 bridgehead atoms. The topological polar surface area (TPSA) is 32.7 Å². The Kier molecular flexibility index (Phi) is 6.12. The minimum Gasteiger partial charge on any atom is -0.493 e. The molecule has 0 amide bonds. The number of aliphatic hydroxyl groups excluding tert-OH is 1. The van der Waals surface area contributed by atoms with E-state index in [-0.39, 0.29) is 19.6 Å². The largest absolute Gasteiger partial charge is 0.493 e. The van der Waals surface area contributed by atoms with Gasteiger partial charge in [0.05, 0.1) is 19.8 Å². The molecule has 0 radical (unpaired) electrons. The molecule has 0 saturated carbocycles. The van der Waals surface area contributed by atoms with Gasteiger partial charge in [0.1, 0.15) is 5.75 Å². The highest BCUT2D eigenvalue weighted by Gasteiger charge is 2.37. The maximum absolute atomic E-state index is 13.2. The quantitative estimate of drug-likeness (QED) is 0.720. The molecule has 0 unspecified atom stereocenters. The van der Waals surface area contributed by atoms with Crippen LogP contribution in [0.15, 0.2) is 36.4 Å². The number of halogens is 2. The molecule has 0 atom stereocenters. The summed E-state index contributed by atoms with van der Waals surface area (Å²) in [5, 5.41) is 9.50. The Bertz CT molecular complexity index is 792. The van der Waals surface area contributed by atoms with Gasteiger partial charge in [-0.05, 0) is 54.2 Å².